The number of benzene rings is 1. The summed E-state index contributed by atoms with van der Waals surface area (Å²) in [7, 11) is 0. The van der Waals surface area contributed by atoms with E-state index in [1.165, 1.54) is 32.1 Å². The summed E-state index contributed by atoms with van der Waals surface area (Å²) in [5.41, 5.74) is 3.17. The molecule has 1 nitrogen and oxygen atoms in total. The van der Waals surface area contributed by atoms with E-state index in [1.54, 1.807) is 11.1 Å². The van der Waals surface area contributed by atoms with Crippen molar-refractivity contribution in [1.82, 2.24) is 5.32 Å². The molecule has 0 radical (unpaired) electrons. The van der Waals surface area contributed by atoms with Gasteiger partial charge in [-0.2, -0.15) is 0 Å². The summed E-state index contributed by atoms with van der Waals surface area (Å²) in [5, 5.41) is 3.72. The molecule has 0 amide bonds. The van der Waals surface area contributed by atoms with Crippen LogP contribution in [-0.4, -0.2) is 12.6 Å². The second kappa shape index (κ2) is 7.49. The molecule has 1 aliphatic rings. The zero-order chi connectivity index (χ0) is 13.5. The van der Waals surface area contributed by atoms with Crippen molar-refractivity contribution in [1.29, 1.82) is 0 Å². The maximum absolute atomic E-state index is 3.83. The summed E-state index contributed by atoms with van der Waals surface area (Å²) in [4.78, 5) is 0. The Morgan fingerprint density at radius 1 is 1.42 bits per heavy atom. The molecule has 2 atom stereocenters. The van der Waals surface area contributed by atoms with Gasteiger partial charge in [0.1, 0.15) is 0 Å². The Kier molecular flexibility index (Phi) is 5.65. The highest BCUT2D eigenvalue weighted by atomic mass is 14.9. The topological polar surface area (TPSA) is 12.0 Å². The molecule has 0 spiro atoms. The highest BCUT2D eigenvalue weighted by molar-refractivity contribution is 5.33. The number of rotatable bonds is 7. The second-order valence-electron chi connectivity index (χ2n) is 5.58. The fourth-order valence-corrected chi connectivity index (χ4v) is 3.40. The minimum atomic E-state index is 0.631. The predicted octanol–water partition coefficient (Wildman–Crippen LogP) is 4.44. The van der Waals surface area contributed by atoms with Crippen molar-refractivity contribution in [2.45, 2.75) is 57.4 Å². The van der Waals surface area contributed by atoms with Gasteiger partial charge < -0.3 is 5.32 Å². The largest absolute Gasteiger partial charge is 0.314 e. The van der Waals surface area contributed by atoms with E-state index in [4.69, 9.17) is 0 Å². The molecule has 1 heteroatoms. The molecule has 1 N–H and O–H groups in total. The number of nitrogens with one attached hydrogen (secondary N) is 1. The van der Waals surface area contributed by atoms with E-state index in [1.807, 2.05) is 6.08 Å². The van der Waals surface area contributed by atoms with Gasteiger partial charge >= 0.3 is 0 Å². The first-order valence-corrected chi connectivity index (χ1v) is 7.79. The van der Waals surface area contributed by atoms with Crippen molar-refractivity contribution < 1.29 is 0 Å². The van der Waals surface area contributed by atoms with Crippen LogP contribution >= 0.6 is 0 Å². The van der Waals surface area contributed by atoms with Crippen molar-refractivity contribution in [3.63, 3.8) is 0 Å². The van der Waals surface area contributed by atoms with Gasteiger partial charge in [-0.3, -0.25) is 0 Å². The smallest absolute Gasteiger partial charge is 0.0136 e. The molecular weight excluding hydrogens is 230 g/mol. The van der Waals surface area contributed by atoms with E-state index in [0.29, 0.717) is 12.0 Å². The fourth-order valence-electron chi connectivity index (χ4n) is 3.40. The average Bonchev–Trinajstić information content (AvgIpc) is 2.46. The Bertz CT molecular complexity index is 396. The van der Waals surface area contributed by atoms with E-state index in [0.717, 1.165) is 13.0 Å². The molecule has 0 heterocycles. The van der Waals surface area contributed by atoms with Gasteiger partial charge in [0.25, 0.3) is 0 Å². The first-order valence-electron chi connectivity index (χ1n) is 7.79. The highest BCUT2D eigenvalue weighted by Gasteiger charge is 2.26. The lowest BCUT2D eigenvalue weighted by Gasteiger charge is -2.33. The van der Waals surface area contributed by atoms with Crippen molar-refractivity contribution in [3.8, 4) is 0 Å². The number of aryl methyl sites for hydroxylation is 1. The highest BCUT2D eigenvalue weighted by Crippen LogP contribution is 2.35. The van der Waals surface area contributed by atoms with Crippen molar-refractivity contribution in [3.05, 3.63) is 48.0 Å². The third-order valence-electron chi connectivity index (χ3n) is 4.29. The molecule has 1 aliphatic carbocycles. The number of allylic oxidation sites excluding steroid dienone is 1. The Morgan fingerprint density at radius 2 is 2.26 bits per heavy atom. The number of fused-ring (bicyclic) bond motifs is 1. The van der Waals surface area contributed by atoms with Gasteiger partial charge in [0.05, 0.1) is 0 Å². The number of unbranched alkanes of at least 4 members (excludes halogenated alkanes) is 1. The van der Waals surface area contributed by atoms with Crippen LogP contribution in [0.15, 0.2) is 36.9 Å². The van der Waals surface area contributed by atoms with Gasteiger partial charge in [0.2, 0.25) is 0 Å². The molecule has 0 aliphatic heterocycles. The van der Waals surface area contributed by atoms with E-state index in [9.17, 15) is 0 Å². The van der Waals surface area contributed by atoms with Crippen LogP contribution < -0.4 is 5.32 Å². The van der Waals surface area contributed by atoms with E-state index in [2.05, 4.69) is 43.1 Å². The predicted molar refractivity (Wildman–Crippen MR) is 83.6 cm³/mol. The zero-order valence-corrected chi connectivity index (χ0v) is 12.2. The van der Waals surface area contributed by atoms with E-state index >= 15 is 0 Å². The van der Waals surface area contributed by atoms with Gasteiger partial charge in [-0.15, -0.1) is 6.58 Å². The maximum Gasteiger partial charge on any atom is 0.0136 e. The van der Waals surface area contributed by atoms with Crippen LogP contribution in [0.4, 0.5) is 0 Å². The Balaban J connectivity index is 2.10. The van der Waals surface area contributed by atoms with Crippen LogP contribution in [0.1, 0.15) is 56.1 Å². The van der Waals surface area contributed by atoms with Crippen LogP contribution in [0.2, 0.25) is 0 Å². The fraction of sp³-hybridized carbons (Fsp3) is 0.556. The minimum absolute atomic E-state index is 0.631. The summed E-state index contributed by atoms with van der Waals surface area (Å²) < 4.78 is 0. The monoisotopic (exact) mass is 257 g/mol. The number of hydrogen-bond donors (Lipinski definition) is 1. The molecular formula is C18H27N. The summed E-state index contributed by atoms with van der Waals surface area (Å²) in [5.74, 6) is 0.703. The van der Waals surface area contributed by atoms with Crippen LogP contribution in [0.5, 0.6) is 0 Å². The minimum Gasteiger partial charge on any atom is -0.314 e. The van der Waals surface area contributed by atoms with Gasteiger partial charge in [0, 0.05) is 6.04 Å². The van der Waals surface area contributed by atoms with Crippen LogP contribution in [-0.2, 0) is 6.42 Å². The molecule has 19 heavy (non-hydrogen) atoms. The molecule has 0 fully saturated rings. The van der Waals surface area contributed by atoms with Crippen molar-refractivity contribution in [2.24, 2.45) is 0 Å². The molecule has 1 aromatic carbocycles. The molecule has 1 aromatic rings. The molecule has 0 saturated heterocycles. The van der Waals surface area contributed by atoms with Crippen LogP contribution in [0, 0.1) is 0 Å². The summed E-state index contributed by atoms with van der Waals surface area (Å²) in [6, 6.07) is 9.67. The first kappa shape index (κ1) is 14.3. The maximum atomic E-state index is 3.83. The summed E-state index contributed by atoms with van der Waals surface area (Å²) in [6.45, 7) is 7.12. The van der Waals surface area contributed by atoms with Crippen molar-refractivity contribution >= 4 is 0 Å². The van der Waals surface area contributed by atoms with E-state index in [-0.39, 0.29) is 0 Å². The molecule has 2 rings (SSSR count). The van der Waals surface area contributed by atoms with Gasteiger partial charge in [-0.25, -0.2) is 0 Å². The lowest BCUT2D eigenvalue weighted by molar-refractivity contribution is 0.373. The molecule has 104 valence electrons. The lowest BCUT2D eigenvalue weighted by Crippen LogP contribution is -2.36. The third-order valence-corrected chi connectivity index (χ3v) is 4.29. The van der Waals surface area contributed by atoms with Crippen LogP contribution in [0.3, 0.4) is 0 Å². The van der Waals surface area contributed by atoms with Crippen molar-refractivity contribution in [2.75, 3.05) is 6.54 Å². The summed E-state index contributed by atoms with van der Waals surface area (Å²) in [6.07, 6.45) is 9.62. The first-order chi connectivity index (χ1) is 9.36. The standard InChI is InChI=1S/C18H27N/c1-3-5-6-14-18(19-4-2)17-13-9-11-15-10-7-8-12-16(15)17/h3,7-8,10,12,17-19H,1,4-6,9,11,13-14H2,2H3. The van der Waals surface area contributed by atoms with Gasteiger partial charge in [-0.1, -0.05) is 37.3 Å². The number of hydrogen-bond acceptors (Lipinski definition) is 1. The van der Waals surface area contributed by atoms with Gasteiger partial charge in [0.15, 0.2) is 0 Å². The van der Waals surface area contributed by atoms with Gasteiger partial charge in [-0.05, 0) is 62.1 Å². The average molecular weight is 257 g/mol. The second-order valence-corrected chi connectivity index (χ2v) is 5.58. The molecule has 2 unspecified atom stereocenters. The van der Waals surface area contributed by atoms with E-state index < -0.39 is 0 Å². The molecule has 0 saturated carbocycles. The lowest BCUT2D eigenvalue weighted by atomic mass is 9.77. The SMILES string of the molecule is C=CCCCC(NCC)C1CCCc2ccccc21. The van der Waals surface area contributed by atoms with Crippen LogP contribution in [0.25, 0.3) is 0 Å². The Labute approximate surface area is 118 Å². The molecule has 0 aromatic heterocycles. The molecule has 0 bridgehead atoms. The quantitative estimate of drug-likeness (QED) is 0.562. The Morgan fingerprint density at radius 3 is 3.05 bits per heavy atom. The zero-order valence-electron chi connectivity index (χ0n) is 12.2. The third kappa shape index (κ3) is 3.70. The summed E-state index contributed by atoms with van der Waals surface area (Å²) >= 11 is 0. The number of likely N-dealkylation sites (N-methyl/N-ethyl adjacent to an activating group) is 1. The normalized spacial score (nSPS) is 19.7. The Hall–Kier alpha value is -1.08.